The maximum absolute atomic E-state index is 11.4. The van der Waals surface area contributed by atoms with Crippen LogP contribution in [0.2, 0.25) is 5.02 Å². The van der Waals surface area contributed by atoms with Gasteiger partial charge in [0.05, 0.1) is 0 Å². The van der Waals surface area contributed by atoms with E-state index in [2.05, 4.69) is 10.6 Å². The quantitative estimate of drug-likeness (QED) is 0.747. The minimum absolute atomic E-state index is 0.0650. The molecule has 0 saturated heterocycles. The first-order valence-electron chi connectivity index (χ1n) is 5.38. The fourth-order valence-electron chi connectivity index (χ4n) is 1.35. The number of carbonyl (C=O) groups is 1. The third-order valence-electron chi connectivity index (χ3n) is 2.26. The third kappa shape index (κ3) is 4.64. The first-order valence-corrected chi connectivity index (χ1v) is 5.76. The smallest absolute Gasteiger partial charge is 0.220 e. The molecule has 0 aliphatic rings. The molecule has 0 radical (unpaired) electrons. The lowest BCUT2D eigenvalue weighted by atomic mass is 10.2. The third-order valence-corrected chi connectivity index (χ3v) is 2.63. The van der Waals surface area contributed by atoms with Crippen LogP contribution in [0.15, 0.2) is 24.3 Å². The van der Waals surface area contributed by atoms with Crippen molar-refractivity contribution < 1.29 is 4.79 Å². The predicted octanol–water partition coefficient (Wildman–Crippen LogP) is 1.96. The van der Waals surface area contributed by atoms with Gasteiger partial charge in [0.25, 0.3) is 0 Å². The van der Waals surface area contributed by atoms with Gasteiger partial charge in [-0.1, -0.05) is 29.8 Å². The molecule has 3 nitrogen and oxygen atoms in total. The lowest BCUT2D eigenvalue weighted by Crippen LogP contribution is -2.23. The van der Waals surface area contributed by atoms with E-state index in [4.69, 9.17) is 11.6 Å². The van der Waals surface area contributed by atoms with Crippen LogP contribution in [-0.4, -0.2) is 19.5 Å². The van der Waals surface area contributed by atoms with Gasteiger partial charge in [0.2, 0.25) is 5.91 Å². The van der Waals surface area contributed by atoms with E-state index >= 15 is 0 Å². The van der Waals surface area contributed by atoms with Crippen LogP contribution in [0, 0.1) is 0 Å². The maximum Gasteiger partial charge on any atom is 0.220 e. The Bertz CT molecular complexity index is 342. The second-order valence-corrected chi connectivity index (χ2v) is 3.98. The highest BCUT2D eigenvalue weighted by molar-refractivity contribution is 6.31. The van der Waals surface area contributed by atoms with Crippen LogP contribution in [0.3, 0.4) is 0 Å². The highest BCUT2D eigenvalue weighted by Crippen LogP contribution is 2.14. The summed E-state index contributed by atoms with van der Waals surface area (Å²) < 4.78 is 0. The standard InChI is InChI=1S/C12H17ClN2O/c1-14-8-4-7-12(16)15-9-10-5-2-3-6-11(10)13/h2-3,5-6,14H,4,7-9H2,1H3,(H,15,16). The highest BCUT2D eigenvalue weighted by Gasteiger charge is 2.02. The molecule has 16 heavy (non-hydrogen) atoms. The fourth-order valence-corrected chi connectivity index (χ4v) is 1.55. The molecule has 0 spiro atoms. The molecule has 1 aromatic carbocycles. The monoisotopic (exact) mass is 240 g/mol. The predicted molar refractivity (Wildman–Crippen MR) is 66.5 cm³/mol. The summed E-state index contributed by atoms with van der Waals surface area (Å²) in [5, 5.41) is 6.54. The van der Waals surface area contributed by atoms with E-state index in [1.807, 2.05) is 31.3 Å². The van der Waals surface area contributed by atoms with E-state index in [0.29, 0.717) is 18.0 Å². The molecule has 0 aliphatic heterocycles. The summed E-state index contributed by atoms with van der Waals surface area (Å²) in [5.74, 6) is 0.0650. The van der Waals surface area contributed by atoms with E-state index in [1.165, 1.54) is 0 Å². The number of rotatable bonds is 6. The van der Waals surface area contributed by atoms with Gasteiger partial charge in [-0.3, -0.25) is 4.79 Å². The van der Waals surface area contributed by atoms with Crippen molar-refractivity contribution in [2.24, 2.45) is 0 Å². The number of amides is 1. The van der Waals surface area contributed by atoms with Crippen LogP contribution in [0.25, 0.3) is 0 Å². The Kier molecular flexibility index (Phi) is 5.90. The SMILES string of the molecule is CNCCCC(=O)NCc1ccccc1Cl. The number of nitrogens with one attached hydrogen (secondary N) is 2. The molecule has 0 aliphatic carbocycles. The van der Waals surface area contributed by atoms with Gasteiger partial charge in [-0.05, 0) is 31.6 Å². The largest absolute Gasteiger partial charge is 0.352 e. The molecule has 0 saturated carbocycles. The van der Waals surface area contributed by atoms with Gasteiger partial charge >= 0.3 is 0 Å². The molecule has 0 atom stereocenters. The van der Waals surface area contributed by atoms with Crippen molar-refractivity contribution in [1.82, 2.24) is 10.6 Å². The average molecular weight is 241 g/mol. The molecular weight excluding hydrogens is 224 g/mol. The topological polar surface area (TPSA) is 41.1 Å². The molecule has 1 rings (SSSR count). The Hall–Kier alpha value is -1.06. The van der Waals surface area contributed by atoms with E-state index in [0.717, 1.165) is 18.5 Å². The molecule has 1 aromatic rings. The number of benzene rings is 1. The van der Waals surface area contributed by atoms with E-state index < -0.39 is 0 Å². The van der Waals surface area contributed by atoms with Crippen molar-refractivity contribution in [1.29, 1.82) is 0 Å². The van der Waals surface area contributed by atoms with Crippen molar-refractivity contribution in [3.63, 3.8) is 0 Å². The van der Waals surface area contributed by atoms with Gasteiger partial charge in [-0.2, -0.15) is 0 Å². The van der Waals surface area contributed by atoms with Gasteiger partial charge in [0.15, 0.2) is 0 Å². The maximum atomic E-state index is 11.4. The van der Waals surface area contributed by atoms with Crippen LogP contribution in [0.4, 0.5) is 0 Å². The normalized spacial score (nSPS) is 10.1. The molecule has 4 heteroatoms. The minimum Gasteiger partial charge on any atom is -0.352 e. The van der Waals surface area contributed by atoms with Crippen LogP contribution in [-0.2, 0) is 11.3 Å². The van der Waals surface area contributed by atoms with Crippen LogP contribution in [0.5, 0.6) is 0 Å². The number of halogens is 1. The molecule has 88 valence electrons. The summed E-state index contributed by atoms with van der Waals surface area (Å²) in [6, 6.07) is 7.52. The van der Waals surface area contributed by atoms with E-state index in [9.17, 15) is 4.79 Å². The molecule has 0 aromatic heterocycles. The fraction of sp³-hybridized carbons (Fsp3) is 0.417. The summed E-state index contributed by atoms with van der Waals surface area (Å²) >= 11 is 5.97. The molecule has 2 N–H and O–H groups in total. The van der Waals surface area contributed by atoms with Gasteiger partial charge in [-0.15, -0.1) is 0 Å². The van der Waals surface area contributed by atoms with Gasteiger partial charge in [0.1, 0.15) is 0 Å². The van der Waals surface area contributed by atoms with Crippen molar-refractivity contribution in [2.75, 3.05) is 13.6 Å². The summed E-state index contributed by atoms with van der Waals surface area (Å²) in [7, 11) is 1.88. The lowest BCUT2D eigenvalue weighted by Gasteiger charge is -2.06. The number of carbonyl (C=O) groups excluding carboxylic acids is 1. The zero-order valence-electron chi connectivity index (χ0n) is 9.42. The van der Waals surface area contributed by atoms with Crippen LogP contribution >= 0.6 is 11.6 Å². The van der Waals surface area contributed by atoms with Crippen LogP contribution < -0.4 is 10.6 Å². The Morgan fingerprint density at radius 2 is 2.12 bits per heavy atom. The summed E-state index contributed by atoms with van der Waals surface area (Å²) in [5.41, 5.74) is 0.950. The van der Waals surface area contributed by atoms with Crippen molar-refractivity contribution in [3.8, 4) is 0 Å². The summed E-state index contributed by atoms with van der Waals surface area (Å²) in [6.45, 7) is 1.36. The molecule has 0 unspecified atom stereocenters. The first kappa shape index (κ1) is 13.0. The second-order valence-electron chi connectivity index (χ2n) is 3.58. The zero-order chi connectivity index (χ0) is 11.8. The lowest BCUT2D eigenvalue weighted by molar-refractivity contribution is -0.121. The Morgan fingerprint density at radius 1 is 1.38 bits per heavy atom. The van der Waals surface area contributed by atoms with Crippen molar-refractivity contribution in [3.05, 3.63) is 34.9 Å². The zero-order valence-corrected chi connectivity index (χ0v) is 10.2. The van der Waals surface area contributed by atoms with Crippen molar-refractivity contribution >= 4 is 17.5 Å². The first-order chi connectivity index (χ1) is 7.74. The van der Waals surface area contributed by atoms with E-state index in [1.54, 1.807) is 0 Å². The molecule has 0 heterocycles. The molecule has 0 fully saturated rings. The Morgan fingerprint density at radius 3 is 2.81 bits per heavy atom. The highest BCUT2D eigenvalue weighted by atomic mass is 35.5. The van der Waals surface area contributed by atoms with E-state index in [-0.39, 0.29) is 5.91 Å². The average Bonchev–Trinajstić information content (AvgIpc) is 2.28. The van der Waals surface area contributed by atoms with Gasteiger partial charge in [-0.25, -0.2) is 0 Å². The molecule has 1 amide bonds. The minimum atomic E-state index is 0.0650. The molecular formula is C12H17ClN2O. The summed E-state index contributed by atoms with van der Waals surface area (Å²) in [4.78, 5) is 11.4. The van der Waals surface area contributed by atoms with Crippen LogP contribution in [0.1, 0.15) is 18.4 Å². The van der Waals surface area contributed by atoms with Gasteiger partial charge < -0.3 is 10.6 Å². The summed E-state index contributed by atoms with van der Waals surface area (Å²) in [6.07, 6.45) is 1.40. The van der Waals surface area contributed by atoms with Crippen molar-refractivity contribution in [2.45, 2.75) is 19.4 Å². The second kappa shape index (κ2) is 7.25. The molecule has 0 bridgehead atoms. The number of hydrogen-bond donors (Lipinski definition) is 2. The van der Waals surface area contributed by atoms with Gasteiger partial charge in [0, 0.05) is 18.0 Å². The Labute approximate surface area is 101 Å². The number of hydrogen-bond acceptors (Lipinski definition) is 2. The Balaban J connectivity index is 2.29.